The van der Waals surface area contributed by atoms with Crippen molar-refractivity contribution in [2.24, 2.45) is 0 Å². The van der Waals surface area contributed by atoms with Crippen molar-refractivity contribution in [3.8, 4) is 0 Å². The highest BCUT2D eigenvalue weighted by molar-refractivity contribution is 7.66. The van der Waals surface area contributed by atoms with Crippen molar-refractivity contribution in [2.45, 2.75) is 24.7 Å². The Morgan fingerprint density at radius 3 is 2.35 bits per heavy atom. The summed E-state index contributed by atoms with van der Waals surface area (Å²) in [5.41, 5.74) is 5.38. The fourth-order valence-corrected chi connectivity index (χ4v) is 5.60. The number of imidazole rings is 1. The maximum atomic E-state index is 11.9. The Kier molecular flexibility index (Phi) is 6.29. The van der Waals surface area contributed by atoms with Crippen LogP contribution in [0, 0.1) is 5.21 Å². The number of phosphoric ester groups is 1. The molecule has 3 rings (SSSR count). The summed E-state index contributed by atoms with van der Waals surface area (Å²) in [7, 11) is -17.1. The maximum Gasteiger partial charge on any atom is 0.490 e. The molecule has 19 nitrogen and oxygen atoms in total. The summed E-state index contributed by atoms with van der Waals surface area (Å²) in [6.45, 7) is 0. The molecule has 6 unspecified atom stereocenters. The first-order valence-electron chi connectivity index (χ1n) is 7.64. The Hall–Kier alpha value is -1.56. The standard InChI is InChI=1S/C9H14N5O14P3/c10-6-3-7(12-2-14(6)17)13(1-11-3)8-4(15)5(16)9(25-8)26-30(21,22)28-31(23,24)27-29(18,19)20/h1-2,4-5,8-9,15-16H,10H2,(H,21,22)(H,23,24)(H2,18,19,20). The van der Waals surface area contributed by atoms with E-state index in [4.69, 9.17) is 25.2 Å². The van der Waals surface area contributed by atoms with Gasteiger partial charge in [-0.15, -0.1) is 0 Å². The molecular formula is C9H14N5O14P3. The van der Waals surface area contributed by atoms with Gasteiger partial charge in [0.1, 0.15) is 18.5 Å². The monoisotopic (exact) mass is 509 g/mol. The number of nitrogens with zero attached hydrogens (tertiary/aromatic N) is 4. The van der Waals surface area contributed by atoms with Crippen molar-refractivity contribution in [3.05, 3.63) is 17.9 Å². The van der Waals surface area contributed by atoms with Gasteiger partial charge in [-0.05, 0) is 0 Å². The van der Waals surface area contributed by atoms with Gasteiger partial charge in [-0.1, -0.05) is 4.98 Å². The fourth-order valence-electron chi connectivity index (χ4n) is 2.50. The lowest BCUT2D eigenvalue weighted by molar-refractivity contribution is -0.592. The van der Waals surface area contributed by atoms with Crippen LogP contribution in [0.3, 0.4) is 0 Å². The van der Waals surface area contributed by atoms with E-state index < -0.39 is 48.2 Å². The Bertz CT molecular complexity index is 1130. The van der Waals surface area contributed by atoms with E-state index in [1.54, 1.807) is 0 Å². The number of ether oxygens (including phenoxy) is 1. The molecule has 0 amide bonds. The maximum absolute atomic E-state index is 11.9. The minimum atomic E-state index is -5.81. The second kappa shape index (κ2) is 8.09. The average molecular weight is 509 g/mol. The molecule has 0 spiro atoms. The van der Waals surface area contributed by atoms with E-state index in [1.165, 1.54) is 0 Å². The van der Waals surface area contributed by atoms with Gasteiger partial charge in [0, 0.05) is 0 Å². The van der Waals surface area contributed by atoms with E-state index in [0.29, 0.717) is 0 Å². The van der Waals surface area contributed by atoms with Gasteiger partial charge < -0.3 is 45.5 Å². The summed E-state index contributed by atoms with van der Waals surface area (Å²) in [6, 6.07) is 0. The van der Waals surface area contributed by atoms with Gasteiger partial charge in [0.05, 0.1) is 0 Å². The first kappa shape index (κ1) is 24.1. The summed E-state index contributed by atoms with van der Waals surface area (Å²) >= 11 is 0. The topological polar surface area (TPSA) is 293 Å². The molecule has 174 valence electrons. The molecule has 0 saturated carbocycles. The van der Waals surface area contributed by atoms with Crippen LogP contribution in [-0.2, 0) is 31.6 Å². The number of nitrogens with two attached hydrogens (primary N) is 1. The summed E-state index contributed by atoms with van der Waals surface area (Å²) in [4.78, 5) is 43.3. The highest BCUT2D eigenvalue weighted by Crippen LogP contribution is 2.66. The van der Waals surface area contributed by atoms with Crippen LogP contribution in [0.2, 0.25) is 0 Å². The van der Waals surface area contributed by atoms with Crippen LogP contribution in [0.4, 0.5) is 5.82 Å². The largest absolute Gasteiger partial charge is 0.740 e. The van der Waals surface area contributed by atoms with Gasteiger partial charge in [0.15, 0.2) is 18.0 Å². The van der Waals surface area contributed by atoms with Crippen LogP contribution in [0.25, 0.3) is 11.2 Å². The number of aliphatic hydroxyl groups excluding tert-OH is 2. The molecule has 0 aromatic carbocycles. The molecule has 2 aromatic rings. The molecule has 31 heavy (non-hydrogen) atoms. The zero-order chi connectivity index (χ0) is 23.4. The van der Waals surface area contributed by atoms with Gasteiger partial charge in [0.2, 0.25) is 12.0 Å². The molecule has 8 N–H and O–H groups in total. The zero-order valence-electron chi connectivity index (χ0n) is 14.6. The molecule has 1 aliphatic heterocycles. The fraction of sp³-hybridized carbons (Fsp3) is 0.444. The SMILES string of the molecule is Nc1c2ncn(C3OC(OP(=O)(O)OP(=O)(O)OP(=O)(O)O)C(O)C3O)c2nc[n+]1[O-]. The van der Waals surface area contributed by atoms with Crippen molar-refractivity contribution < 1.29 is 66.1 Å². The summed E-state index contributed by atoms with van der Waals surface area (Å²) < 4.78 is 51.7. The lowest BCUT2D eigenvalue weighted by Crippen LogP contribution is -2.33. The molecule has 22 heteroatoms. The van der Waals surface area contributed by atoms with Crippen molar-refractivity contribution in [1.29, 1.82) is 0 Å². The molecule has 0 aliphatic carbocycles. The van der Waals surface area contributed by atoms with Crippen molar-refractivity contribution in [3.63, 3.8) is 0 Å². The molecule has 6 atom stereocenters. The predicted molar refractivity (Wildman–Crippen MR) is 91.8 cm³/mol. The van der Waals surface area contributed by atoms with Crippen molar-refractivity contribution in [1.82, 2.24) is 14.5 Å². The van der Waals surface area contributed by atoms with Gasteiger partial charge in [-0.25, -0.2) is 23.4 Å². The Morgan fingerprint density at radius 1 is 1.10 bits per heavy atom. The van der Waals surface area contributed by atoms with Crippen molar-refractivity contribution in [2.75, 3.05) is 5.73 Å². The second-order valence-electron chi connectivity index (χ2n) is 5.85. The molecule has 2 aromatic heterocycles. The smallest absolute Gasteiger partial charge is 0.490 e. The zero-order valence-corrected chi connectivity index (χ0v) is 17.3. The van der Waals surface area contributed by atoms with Gasteiger partial charge in [-0.2, -0.15) is 8.62 Å². The number of anilines is 1. The number of rotatable bonds is 7. The highest BCUT2D eigenvalue weighted by atomic mass is 31.3. The number of fused-ring (bicyclic) bond motifs is 1. The minimum Gasteiger partial charge on any atom is -0.740 e. The average Bonchev–Trinajstić information content (AvgIpc) is 3.11. The van der Waals surface area contributed by atoms with Crippen LogP contribution in [-0.4, -0.2) is 62.8 Å². The summed E-state index contributed by atoms with van der Waals surface area (Å²) in [5, 5.41) is 31.7. The Labute approximate surface area is 170 Å². The lowest BCUT2D eigenvalue weighted by Gasteiger charge is -2.20. The van der Waals surface area contributed by atoms with E-state index in [2.05, 4.69) is 23.1 Å². The number of aliphatic hydroxyl groups is 2. The van der Waals surface area contributed by atoms with Crippen molar-refractivity contribution >= 4 is 40.4 Å². The van der Waals surface area contributed by atoms with Gasteiger partial charge in [-0.3, -0.25) is 9.09 Å². The number of nitrogen functional groups attached to an aromatic ring is 1. The van der Waals surface area contributed by atoms with Crippen LogP contribution < -0.4 is 10.5 Å². The Balaban J connectivity index is 1.80. The Morgan fingerprint density at radius 2 is 1.74 bits per heavy atom. The van der Waals surface area contributed by atoms with E-state index in [0.717, 1.165) is 17.2 Å². The number of phosphoric acid groups is 3. The van der Waals surface area contributed by atoms with Gasteiger partial charge in [0.25, 0.3) is 5.82 Å². The van der Waals surface area contributed by atoms with Crippen LogP contribution in [0.15, 0.2) is 12.7 Å². The molecule has 1 saturated heterocycles. The highest BCUT2D eigenvalue weighted by Gasteiger charge is 2.50. The third-order valence-corrected chi connectivity index (χ3v) is 7.46. The number of aromatic nitrogens is 4. The van der Waals surface area contributed by atoms with E-state index in [1.807, 2.05) is 0 Å². The summed E-state index contributed by atoms with van der Waals surface area (Å²) in [5.74, 6) is -0.346. The molecule has 3 heterocycles. The van der Waals surface area contributed by atoms with E-state index >= 15 is 0 Å². The van der Waals surface area contributed by atoms with Gasteiger partial charge >= 0.3 is 23.5 Å². The molecule has 1 aliphatic rings. The normalized spacial score (nSPS) is 28.5. The third kappa shape index (κ3) is 5.27. The molecule has 0 radical (unpaired) electrons. The minimum absolute atomic E-state index is 0.0835. The number of hydrogen-bond acceptors (Lipinski definition) is 13. The summed E-state index contributed by atoms with van der Waals surface area (Å²) in [6.07, 6.45) is -5.82. The number of hydrogen-bond donors (Lipinski definition) is 7. The molecule has 1 fully saturated rings. The van der Waals surface area contributed by atoms with Crippen LogP contribution in [0.5, 0.6) is 0 Å². The first-order valence-corrected chi connectivity index (χ1v) is 12.2. The quantitative estimate of drug-likeness (QED) is 0.116. The van der Waals surface area contributed by atoms with E-state index in [9.17, 15) is 34.0 Å². The predicted octanol–water partition coefficient (Wildman–Crippen LogP) is -2.43. The first-order chi connectivity index (χ1) is 14.1. The third-order valence-electron chi connectivity index (χ3n) is 3.65. The second-order valence-corrected chi connectivity index (χ2v) is 10.2. The lowest BCUT2D eigenvalue weighted by atomic mass is 10.2. The van der Waals surface area contributed by atoms with E-state index in [-0.39, 0.29) is 21.7 Å². The van der Waals surface area contributed by atoms with Crippen LogP contribution >= 0.6 is 23.5 Å². The van der Waals surface area contributed by atoms with Crippen LogP contribution in [0.1, 0.15) is 6.23 Å². The molecule has 0 bridgehead atoms. The molecular weight excluding hydrogens is 495 g/mol.